The Kier molecular flexibility index (Phi) is 15.9. The number of para-hydroxylation sites is 9. The van der Waals surface area contributed by atoms with Gasteiger partial charge in [-0.1, -0.05) is 97.1 Å². The molecular formula is C52H54N8O12. The second-order valence-corrected chi connectivity index (χ2v) is 16.9. The Labute approximate surface area is 413 Å². The molecule has 0 N–H and O–H groups in total. The highest BCUT2D eigenvalue weighted by Crippen LogP contribution is 2.26. The third kappa shape index (κ3) is 10.1. The first-order chi connectivity index (χ1) is 33.6. The SMILES string of the molecule is C.C.CC(C)C(=O)Oc1cccc2c1[n+]([O-])c1ccccc1[n+]2[O-].CC(C)C(=O)Oc1cccc2c1[n+]([O-])c1ccccc1[n+]2[O-].CN1CCN(C(=O)Oc2cccc3c2[n+]([O-])c2ccccc2[n+]3[O-])CC1. The summed E-state index contributed by atoms with van der Waals surface area (Å²) in [6.07, 6.45) is -0.517. The summed E-state index contributed by atoms with van der Waals surface area (Å²) in [6.45, 7) is 9.42. The molecule has 72 heavy (non-hydrogen) atoms. The van der Waals surface area contributed by atoms with Gasteiger partial charge in [-0.3, -0.25) is 9.59 Å². The molecule has 1 saturated heterocycles. The van der Waals surface area contributed by atoms with Crippen molar-refractivity contribution in [1.82, 2.24) is 9.80 Å². The highest BCUT2D eigenvalue weighted by atomic mass is 16.6. The lowest BCUT2D eigenvalue weighted by atomic mass is 10.2. The fraction of sp³-hybridized carbons (Fsp3) is 0.250. The molecule has 1 amide bonds. The number of amides is 1. The smallest absolute Gasteiger partial charge is 0.415 e. The summed E-state index contributed by atoms with van der Waals surface area (Å²) in [5, 5.41) is 75.5. The average molecular weight is 983 g/mol. The molecule has 20 heteroatoms. The lowest BCUT2D eigenvalue weighted by molar-refractivity contribution is -0.591. The topological polar surface area (TPSA) is 247 Å². The summed E-state index contributed by atoms with van der Waals surface area (Å²) in [5.74, 6) is -1.35. The zero-order chi connectivity index (χ0) is 50.0. The Balaban J connectivity index is 0.000000175. The van der Waals surface area contributed by atoms with E-state index in [2.05, 4.69) is 4.90 Å². The number of rotatable bonds is 5. The second kappa shape index (κ2) is 21.8. The first-order valence-electron chi connectivity index (χ1n) is 22.2. The lowest BCUT2D eigenvalue weighted by Gasteiger charge is -2.31. The van der Waals surface area contributed by atoms with Crippen LogP contribution in [-0.2, 0) is 9.59 Å². The number of carbonyl (C=O) groups is 3. The Morgan fingerprint density at radius 2 is 0.667 bits per heavy atom. The van der Waals surface area contributed by atoms with Crippen molar-refractivity contribution in [1.29, 1.82) is 0 Å². The minimum Gasteiger partial charge on any atom is -0.617 e. The van der Waals surface area contributed by atoms with Crippen LogP contribution < -0.4 is 42.6 Å². The predicted octanol–water partition coefficient (Wildman–Crippen LogP) is 5.92. The summed E-state index contributed by atoms with van der Waals surface area (Å²) >= 11 is 0. The molecule has 10 rings (SSSR count). The van der Waals surface area contributed by atoms with Crippen LogP contribution in [0.25, 0.3) is 66.2 Å². The molecule has 1 fully saturated rings. The number of esters is 2. The maximum atomic E-state index is 12.8. The molecular weight excluding hydrogens is 929 g/mol. The van der Waals surface area contributed by atoms with E-state index in [4.69, 9.17) is 14.2 Å². The average Bonchev–Trinajstić information content (AvgIpc) is 3.37. The fourth-order valence-electron chi connectivity index (χ4n) is 7.66. The zero-order valence-electron chi connectivity index (χ0n) is 38.6. The number of fused-ring (bicyclic) bond motifs is 6. The van der Waals surface area contributed by atoms with Crippen LogP contribution in [0.3, 0.4) is 0 Å². The standard InChI is InChI=1S/C18H18N4O4.2C16H14N2O4.2CH4/c1-19-9-11-20(12-10-19)18(23)26-16-8-4-7-15-17(16)22(25)14-6-3-2-5-13(14)21(15)24;2*1-10(2)16(19)22-14-9-5-8-13-15(14)18(21)12-7-4-3-6-11(12)17(13)20;;/h2-8H,9-12H2,1H3;2*3-10H,1-2H3;2*1H4. The number of hydrogen-bond acceptors (Lipinski definition) is 13. The van der Waals surface area contributed by atoms with Gasteiger partial charge in [-0.05, 0) is 25.2 Å². The van der Waals surface area contributed by atoms with Crippen LogP contribution >= 0.6 is 0 Å². The third-order valence-electron chi connectivity index (χ3n) is 11.5. The van der Waals surface area contributed by atoms with Crippen molar-refractivity contribution in [2.45, 2.75) is 42.5 Å². The van der Waals surface area contributed by atoms with E-state index in [1.54, 1.807) is 124 Å². The fourth-order valence-corrected chi connectivity index (χ4v) is 7.66. The zero-order valence-corrected chi connectivity index (χ0v) is 38.6. The van der Waals surface area contributed by atoms with Crippen LogP contribution in [0.5, 0.6) is 17.2 Å². The van der Waals surface area contributed by atoms with Crippen molar-refractivity contribution in [3.8, 4) is 17.2 Å². The first kappa shape index (κ1) is 52.5. The van der Waals surface area contributed by atoms with Crippen molar-refractivity contribution in [3.63, 3.8) is 0 Å². The van der Waals surface area contributed by atoms with Crippen LogP contribution in [0.2, 0.25) is 0 Å². The molecule has 0 unspecified atom stereocenters. The quantitative estimate of drug-likeness (QED) is 0.0640. The molecule has 0 atom stereocenters. The maximum absolute atomic E-state index is 12.8. The predicted molar refractivity (Wildman–Crippen MR) is 268 cm³/mol. The minimum absolute atomic E-state index is 0. The maximum Gasteiger partial charge on any atom is 0.415 e. The van der Waals surface area contributed by atoms with Crippen LogP contribution in [-0.4, -0.2) is 61.1 Å². The molecule has 374 valence electrons. The number of benzene rings is 6. The number of likely N-dealkylation sites (N-methyl/N-ethyl adjacent to an activating group) is 1. The molecule has 4 heterocycles. The molecule has 0 saturated carbocycles. The van der Waals surface area contributed by atoms with E-state index in [1.807, 2.05) is 7.05 Å². The van der Waals surface area contributed by atoms with Crippen LogP contribution in [0, 0.1) is 43.1 Å². The van der Waals surface area contributed by atoms with Crippen molar-refractivity contribution in [2.75, 3.05) is 33.2 Å². The Morgan fingerprint density at radius 1 is 0.403 bits per heavy atom. The van der Waals surface area contributed by atoms with Crippen LogP contribution in [0.4, 0.5) is 4.79 Å². The van der Waals surface area contributed by atoms with Gasteiger partial charge in [0.15, 0.2) is 0 Å². The van der Waals surface area contributed by atoms with E-state index in [0.717, 1.165) is 13.1 Å². The van der Waals surface area contributed by atoms with Crippen molar-refractivity contribution >= 4 is 84.2 Å². The number of carbonyl (C=O) groups excluding carboxylic acids is 3. The summed E-state index contributed by atoms with van der Waals surface area (Å²) in [5.41, 5.74) is 2.05. The molecule has 1 aliphatic heterocycles. The summed E-state index contributed by atoms with van der Waals surface area (Å²) in [4.78, 5) is 39.8. The van der Waals surface area contributed by atoms with Crippen LogP contribution in [0.15, 0.2) is 127 Å². The van der Waals surface area contributed by atoms with Crippen LogP contribution in [0.1, 0.15) is 42.5 Å². The molecule has 0 radical (unpaired) electrons. The number of hydrogen-bond donors (Lipinski definition) is 0. The van der Waals surface area contributed by atoms with Gasteiger partial charge < -0.3 is 55.3 Å². The van der Waals surface area contributed by atoms with Gasteiger partial charge in [-0.25, -0.2) is 4.79 Å². The first-order valence-corrected chi connectivity index (χ1v) is 22.2. The monoisotopic (exact) mass is 982 g/mol. The van der Waals surface area contributed by atoms with E-state index in [0.29, 0.717) is 41.5 Å². The number of aromatic nitrogens is 6. The van der Waals surface area contributed by atoms with E-state index >= 15 is 0 Å². The lowest BCUT2D eigenvalue weighted by Crippen LogP contribution is -2.48. The second-order valence-electron chi connectivity index (χ2n) is 16.9. The molecule has 1 aliphatic rings. The van der Waals surface area contributed by atoms with Crippen molar-refractivity contribution in [2.24, 2.45) is 11.8 Å². The molecule has 3 aromatic heterocycles. The molecule has 9 aromatic rings. The van der Waals surface area contributed by atoms with E-state index < -0.39 is 18.0 Å². The van der Waals surface area contributed by atoms with E-state index in [1.165, 1.54) is 36.4 Å². The van der Waals surface area contributed by atoms with Gasteiger partial charge in [0.25, 0.3) is 49.7 Å². The molecule has 6 aromatic carbocycles. The van der Waals surface area contributed by atoms with Crippen molar-refractivity contribution < 1.29 is 57.0 Å². The van der Waals surface area contributed by atoms with Gasteiger partial charge in [0.2, 0.25) is 17.2 Å². The van der Waals surface area contributed by atoms with Gasteiger partial charge in [-0.15, -0.1) is 0 Å². The highest BCUT2D eigenvalue weighted by Gasteiger charge is 2.30. The Bertz CT molecular complexity index is 3360. The van der Waals surface area contributed by atoms with Gasteiger partial charge in [0, 0.05) is 80.8 Å². The highest BCUT2D eigenvalue weighted by molar-refractivity contribution is 5.86. The summed E-state index contributed by atoms with van der Waals surface area (Å²) < 4.78 is 19.9. The number of piperazine rings is 1. The van der Waals surface area contributed by atoms with Gasteiger partial charge in [0.1, 0.15) is 0 Å². The Hall–Kier alpha value is -8.91. The summed E-state index contributed by atoms with van der Waals surface area (Å²) in [7, 11) is 1.99. The number of ether oxygens (including phenoxy) is 3. The molecule has 0 bridgehead atoms. The van der Waals surface area contributed by atoms with Gasteiger partial charge in [0.05, 0.1) is 11.8 Å². The minimum atomic E-state index is -0.517. The third-order valence-corrected chi connectivity index (χ3v) is 11.5. The van der Waals surface area contributed by atoms with Gasteiger partial charge in [-0.2, -0.15) is 28.4 Å². The largest absolute Gasteiger partial charge is 0.617 e. The molecule has 20 nitrogen and oxygen atoms in total. The molecule has 0 aliphatic carbocycles. The Morgan fingerprint density at radius 3 is 0.958 bits per heavy atom. The number of nitrogens with zero attached hydrogens (tertiary/aromatic N) is 8. The normalized spacial score (nSPS) is 12.5. The van der Waals surface area contributed by atoms with Gasteiger partial charge >= 0.3 is 34.6 Å². The van der Waals surface area contributed by atoms with E-state index in [-0.39, 0.29) is 110 Å². The van der Waals surface area contributed by atoms with E-state index in [9.17, 15) is 45.6 Å². The van der Waals surface area contributed by atoms with Crippen molar-refractivity contribution in [3.05, 3.63) is 159 Å². The molecule has 0 spiro atoms. The summed E-state index contributed by atoms with van der Waals surface area (Å²) in [6, 6.07) is 33.4.